The third kappa shape index (κ3) is 2.20. The molecule has 5 rings (SSSR count). The Morgan fingerprint density at radius 3 is 2.50 bits per heavy atom. The molecule has 1 atom stereocenters. The Kier molecular flexibility index (Phi) is 3.38. The molecule has 0 aromatic heterocycles. The molecule has 138 valence electrons. The third-order valence-electron chi connectivity index (χ3n) is 4.89. The van der Waals surface area contributed by atoms with Gasteiger partial charge in [-0.1, -0.05) is 18.2 Å². The van der Waals surface area contributed by atoms with Gasteiger partial charge in [0.25, 0.3) is 5.17 Å². The van der Waals surface area contributed by atoms with Crippen molar-refractivity contribution in [3.63, 3.8) is 0 Å². The highest BCUT2D eigenvalue weighted by molar-refractivity contribution is 7.80. The minimum absolute atomic E-state index is 0.0329. The van der Waals surface area contributed by atoms with Crippen LogP contribution in [0.1, 0.15) is 27.0 Å². The lowest BCUT2D eigenvalue weighted by molar-refractivity contribution is 0.0224. The van der Waals surface area contributed by atoms with Crippen molar-refractivity contribution in [3.8, 4) is 23.0 Å². The molecule has 0 bridgehead atoms. The topological polar surface area (TPSA) is 91.0 Å². The van der Waals surface area contributed by atoms with Gasteiger partial charge in [-0.2, -0.15) is 0 Å². The van der Waals surface area contributed by atoms with Crippen LogP contribution in [0.3, 0.4) is 0 Å². The van der Waals surface area contributed by atoms with E-state index < -0.39 is 11.6 Å². The number of thiocarbonyl (C=S) groups is 1. The van der Waals surface area contributed by atoms with E-state index in [1.165, 1.54) is 12.1 Å². The van der Waals surface area contributed by atoms with Gasteiger partial charge in [-0.15, -0.1) is 0 Å². The number of phenolic OH excluding ortho intramolecular Hbond substituents is 1. The van der Waals surface area contributed by atoms with E-state index in [0.29, 0.717) is 39.5 Å². The van der Waals surface area contributed by atoms with Gasteiger partial charge in [0, 0.05) is 28.8 Å². The van der Waals surface area contributed by atoms with Gasteiger partial charge in [-0.25, -0.2) is 4.79 Å². The van der Waals surface area contributed by atoms with Crippen molar-refractivity contribution < 1.29 is 24.1 Å². The zero-order valence-corrected chi connectivity index (χ0v) is 15.2. The Morgan fingerprint density at radius 2 is 1.71 bits per heavy atom. The molecule has 0 saturated carbocycles. The van der Waals surface area contributed by atoms with E-state index in [2.05, 4.69) is 0 Å². The Morgan fingerprint density at radius 1 is 1.00 bits per heavy atom. The van der Waals surface area contributed by atoms with Gasteiger partial charge in [0.1, 0.15) is 23.0 Å². The van der Waals surface area contributed by atoms with Crippen LogP contribution >= 0.6 is 12.2 Å². The van der Waals surface area contributed by atoms with Crippen LogP contribution in [0.15, 0.2) is 60.7 Å². The first-order chi connectivity index (χ1) is 13.5. The fourth-order valence-corrected chi connectivity index (χ4v) is 3.92. The number of hydrogen-bond donors (Lipinski definition) is 2. The van der Waals surface area contributed by atoms with Gasteiger partial charge in [0.2, 0.25) is 0 Å². The number of hydrogen-bond acceptors (Lipinski definition) is 6. The third-order valence-corrected chi connectivity index (χ3v) is 4.97. The molecule has 3 aromatic rings. The van der Waals surface area contributed by atoms with E-state index in [0.717, 1.165) is 0 Å². The van der Waals surface area contributed by atoms with Gasteiger partial charge in [0.15, 0.2) is 5.60 Å². The van der Waals surface area contributed by atoms with E-state index in [1.54, 1.807) is 36.4 Å². The normalized spacial score (nSPS) is 18.5. The first kappa shape index (κ1) is 16.6. The van der Waals surface area contributed by atoms with E-state index in [-0.39, 0.29) is 10.9 Å². The summed E-state index contributed by atoms with van der Waals surface area (Å²) in [6.07, 6.45) is 0. The van der Waals surface area contributed by atoms with Crippen molar-refractivity contribution in [3.05, 3.63) is 82.9 Å². The van der Waals surface area contributed by atoms with Crippen LogP contribution < -0.4 is 15.2 Å². The molecular weight excluding hydrogens is 378 g/mol. The SMILES string of the molecule is NC(=S)Oc1ccc2c(c1)Oc1cc(O)ccc1C21OC(=O)c2ccccc21. The quantitative estimate of drug-likeness (QED) is 0.484. The first-order valence-electron chi connectivity index (χ1n) is 8.45. The van der Waals surface area contributed by atoms with E-state index >= 15 is 0 Å². The van der Waals surface area contributed by atoms with E-state index in [4.69, 9.17) is 32.2 Å². The van der Waals surface area contributed by atoms with Gasteiger partial charge >= 0.3 is 5.97 Å². The monoisotopic (exact) mass is 391 g/mol. The number of carbonyl (C=O) groups excluding carboxylic acids is 1. The Hall–Kier alpha value is -3.58. The van der Waals surface area contributed by atoms with Crippen LogP contribution in [0.2, 0.25) is 0 Å². The van der Waals surface area contributed by atoms with Crippen LogP contribution in [-0.4, -0.2) is 16.3 Å². The first-order valence-corrected chi connectivity index (χ1v) is 8.86. The zero-order chi connectivity index (χ0) is 19.5. The average molecular weight is 391 g/mol. The lowest BCUT2D eigenvalue weighted by Gasteiger charge is -2.36. The summed E-state index contributed by atoms with van der Waals surface area (Å²) in [4.78, 5) is 12.7. The summed E-state index contributed by atoms with van der Waals surface area (Å²) >= 11 is 4.79. The number of esters is 1. The molecule has 0 amide bonds. The van der Waals surface area contributed by atoms with Crippen molar-refractivity contribution in [2.45, 2.75) is 5.60 Å². The maximum absolute atomic E-state index is 12.7. The van der Waals surface area contributed by atoms with Crippen molar-refractivity contribution in [1.82, 2.24) is 0 Å². The highest BCUT2D eigenvalue weighted by Crippen LogP contribution is 2.56. The second-order valence-electron chi connectivity index (χ2n) is 6.48. The van der Waals surface area contributed by atoms with Crippen LogP contribution in [0.5, 0.6) is 23.0 Å². The molecule has 3 N–H and O–H groups in total. The predicted octanol–water partition coefficient (Wildman–Crippen LogP) is 3.58. The number of ether oxygens (including phenoxy) is 3. The fourth-order valence-electron chi connectivity index (χ4n) is 3.82. The van der Waals surface area contributed by atoms with E-state index in [1.807, 2.05) is 12.1 Å². The molecular formula is C21H13NO5S. The van der Waals surface area contributed by atoms with Gasteiger partial charge < -0.3 is 25.1 Å². The number of nitrogens with two attached hydrogens (primary N) is 1. The standard InChI is InChI=1S/C21H13NO5S/c22-20(28)25-12-6-8-16-18(10-12)26-17-9-11(23)5-7-15(17)21(16)14-4-2-1-3-13(14)19(24)27-21/h1-10,23H,(H2,22,28). The second kappa shape index (κ2) is 5.71. The highest BCUT2D eigenvalue weighted by atomic mass is 32.1. The summed E-state index contributed by atoms with van der Waals surface area (Å²) in [5.41, 5.74) is 6.73. The number of rotatable bonds is 1. The van der Waals surface area contributed by atoms with Crippen LogP contribution in [0.25, 0.3) is 0 Å². The molecule has 6 nitrogen and oxygen atoms in total. The number of phenols is 1. The average Bonchev–Trinajstić information content (AvgIpc) is 2.95. The number of carbonyl (C=O) groups is 1. The van der Waals surface area contributed by atoms with Crippen molar-refractivity contribution in [2.24, 2.45) is 5.73 Å². The molecule has 0 saturated heterocycles. The smallest absolute Gasteiger partial charge is 0.340 e. The lowest BCUT2D eigenvalue weighted by atomic mass is 9.77. The molecule has 3 aromatic carbocycles. The minimum atomic E-state index is -1.19. The fraction of sp³-hybridized carbons (Fsp3) is 0.0476. The largest absolute Gasteiger partial charge is 0.508 e. The van der Waals surface area contributed by atoms with Crippen LogP contribution in [0, 0.1) is 0 Å². The van der Waals surface area contributed by atoms with E-state index in [9.17, 15) is 9.90 Å². The minimum Gasteiger partial charge on any atom is -0.508 e. The number of aromatic hydroxyl groups is 1. The molecule has 7 heteroatoms. The molecule has 28 heavy (non-hydrogen) atoms. The van der Waals surface area contributed by atoms with Gasteiger partial charge in [0.05, 0.1) is 5.56 Å². The summed E-state index contributed by atoms with van der Waals surface area (Å²) in [5.74, 6) is 0.792. The van der Waals surface area contributed by atoms with Crippen molar-refractivity contribution in [1.29, 1.82) is 0 Å². The summed E-state index contributed by atoms with van der Waals surface area (Å²) in [6.45, 7) is 0. The lowest BCUT2D eigenvalue weighted by Crippen LogP contribution is -2.33. The Labute approximate surface area is 165 Å². The van der Waals surface area contributed by atoms with Crippen LogP contribution in [0.4, 0.5) is 0 Å². The van der Waals surface area contributed by atoms with Crippen molar-refractivity contribution >= 4 is 23.4 Å². The van der Waals surface area contributed by atoms with Gasteiger partial charge in [-0.05, 0) is 42.5 Å². The molecule has 2 aliphatic heterocycles. The molecule has 1 spiro atoms. The Bertz CT molecular complexity index is 1180. The molecule has 0 radical (unpaired) electrons. The second-order valence-corrected chi connectivity index (χ2v) is 6.88. The summed E-state index contributed by atoms with van der Waals surface area (Å²) in [7, 11) is 0. The molecule has 1 unspecified atom stereocenters. The summed E-state index contributed by atoms with van der Waals surface area (Å²) in [5, 5.41) is 9.82. The summed E-state index contributed by atoms with van der Waals surface area (Å²) in [6, 6.07) is 17.0. The Balaban J connectivity index is 1.81. The van der Waals surface area contributed by atoms with Crippen molar-refractivity contribution in [2.75, 3.05) is 0 Å². The molecule has 2 heterocycles. The molecule has 0 aliphatic carbocycles. The van der Waals surface area contributed by atoms with Gasteiger partial charge in [-0.3, -0.25) is 0 Å². The molecule has 0 fully saturated rings. The zero-order valence-electron chi connectivity index (χ0n) is 14.3. The summed E-state index contributed by atoms with van der Waals surface area (Å²) < 4.78 is 17.3. The predicted molar refractivity (Wildman–Crippen MR) is 104 cm³/mol. The maximum atomic E-state index is 12.7. The van der Waals surface area contributed by atoms with Crippen LogP contribution in [-0.2, 0) is 10.3 Å². The highest BCUT2D eigenvalue weighted by Gasteiger charge is 2.53. The number of benzene rings is 3. The number of fused-ring (bicyclic) bond motifs is 6. The maximum Gasteiger partial charge on any atom is 0.340 e. The molecule has 2 aliphatic rings.